The molecule has 1 unspecified atom stereocenters. The van der Waals surface area contributed by atoms with E-state index in [-0.39, 0.29) is 5.91 Å². The number of aryl methyl sites for hydroxylation is 1. The van der Waals surface area contributed by atoms with Gasteiger partial charge in [-0.1, -0.05) is 19.9 Å². The number of likely N-dealkylation sites (N-methyl/N-ethyl adjacent to an activating group) is 1. The Balaban J connectivity index is 1.98. The van der Waals surface area contributed by atoms with Crippen LogP contribution in [0.15, 0.2) is 18.2 Å². The second-order valence-corrected chi connectivity index (χ2v) is 6.86. The SMILES string of the molecule is Cc1cc(OC(C)C(=O)N(C)C2CCNCC2)ccc1C(C)C. The summed E-state index contributed by atoms with van der Waals surface area (Å²) in [7, 11) is 1.89. The average Bonchev–Trinajstić information content (AvgIpc) is 2.54. The molecule has 0 spiro atoms. The molecule has 0 bridgehead atoms. The number of benzene rings is 1. The number of nitrogens with one attached hydrogen (secondary N) is 1. The van der Waals surface area contributed by atoms with Gasteiger partial charge in [-0.2, -0.15) is 0 Å². The van der Waals surface area contributed by atoms with Gasteiger partial charge in [-0.25, -0.2) is 0 Å². The number of carbonyl (C=O) groups excluding carboxylic acids is 1. The van der Waals surface area contributed by atoms with Gasteiger partial charge in [0.25, 0.3) is 5.91 Å². The van der Waals surface area contributed by atoms with Crippen molar-refractivity contribution in [2.24, 2.45) is 0 Å². The van der Waals surface area contributed by atoms with Crippen LogP contribution < -0.4 is 10.1 Å². The van der Waals surface area contributed by atoms with Gasteiger partial charge in [0.2, 0.25) is 0 Å². The van der Waals surface area contributed by atoms with Gasteiger partial charge in [-0.05, 0) is 69.0 Å². The third-order valence-electron chi connectivity index (χ3n) is 4.73. The molecular weight excluding hydrogens is 288 g/mol. The maximum absolute atomic E-state index is 12.6. The maximum atomic E-state index is 12.6. The third-order valence-corrected chi connectivity index (χ3v) is 4.73. The molecule has 0 radical (unpaired) electrons. The van der Waals surface area contributed by atoms with E-state index in [2.05, 4.69) is 32.2 Å². The maximum Gasteiger partial charge on any atom is 0.263 e. The highest BCUT2D eigenvalue weighted by atomic mass is 16.5. The minimum absolute atomic E-state index is 0.0579. The molecule has 1 atom stereocenters. The largest absolute Gasteiger partial charge is 0.481 e. The molecule has 1 fully saturated rings. The first-order valence-electron chi connectivity index (χ1n) is 8.64. The molecule has 4 heteroatoms. The number of rotatable bonds is 5. The molecule has 0 saturated carbocycles. The Morgan fingerprint density at radius 2 is 1.91 bits per heavy atom. The van der Waals surface area contributed by atoms with Crippen LogP contribution in [-0.2, 0) is 4.79 Å². The van der Waals surface area contributed by atoms with Crippen LogP contribution in [0.5, 0.6) is 5.75 Å². The van der Waals surface area contributed by atoms with Crippen LogP contribution in [0.2, 0.25) is 0 Å². The van der Waals surface area contributed by atoms with Gasteiger partial charge in [0.15, 0.2) is 6.10 Å². The molecule has 1 aliphatic heterocycles. The smallest absolute Gasteiger partial charge is 0.263 e. The molecule has 1 saturated heterocycles. The summed E-state index contributed by atoms with van der Waals surface area (Å²) in [6.07, 6.45) is 1.56. The highest BCUT2D eigenvalue weighted by Gasteiger charge is 2.26. The van der Waals surface area contributed by atoms with Crippen LogP contribution >= 0.6 is 0 Å². The fraction of sp³-hybridized carbons (Fsp3) is 0.632. The Morgan fingerprint density at radius 3 is 2.48 bits per heavy atom. The van der Waals surface area contributed by atoms with Crippen molar-refractivity contribution in [1.29, 1.82) is 0 Å². The van der Waals surface area contributed by atoms with E-state index in [4.69, 9.17) is 4.74 Å². The highest BCUT2D eigenvalue weighted by molar-refractivity contribution is 5.81. The van der Waals surface area contributed by atoms with Crippen molar-refractivity contribution in [1.82, 2.24) is 10.2 Å². The lowest BCUT2D eigenvalue weighted by molar-refractivity contribution is -0.139. The molecule has 1 aromatic carbocycles. The average molecular weight is 318 g/mol. The topological polar surface area (TPSA) is 41.6 Å². The standard InChI is InChI=1S/C19H30N2O2/c1-13(2)18-7-6-17(12-14(18)3)23-15(4)19(22)21(5)16-8-10-20-11-9-16/h6-7,12-13,15-16,20H,8-11H2,1-5H3. The van der Waals surface area contributed by atoms with Gasteiger partial charge in [-0.3, -0.25) is 4.79 Å². The lowest BCUT2D eigenvalue weighted by atomic mass is 9.98. The van der Waals surface area contributed by atoms with Gasteiger partial charge in [-0.15, -0.1) is 0 Å². The number of ether oxygens (including phenoxy) is 1. The normalized spacial score (nSPS) is 17.1. The van der Waals surface area contributed by atoms with Crippen LogP contribution in [0.25, 0.3) is 0 Å². The van der Waals surface area contributed by atoms with Crippen molar-refractivity contribution in [2.45, 2.75) is 58.6 Å². The molecule has 2 rings (SSSR count). The summed E-state index contributed by atoms with van der Waals surface area (Å²) >= 11 is 0. The zero-order valence-electron chi connectivity index (χ0n) is 15.1. The summed E-state index contributed by atoms with van der Waals surface area (Å²) in [5.74, 6) is 1.32. The molecule has 128 valence electrons. The Hall–Kier alpha value is -1.55. The first-order chi connectivity index (χ1) is 10.9. The number of hydrogen-bond donors (Lipinski definition) is 1. The van der Waals surface area contributed by atoms with E-state index in [1.807, 2.05) is 31.0 Å². The third kappa shape index (κ3) is 4.47. The Kier molecular flexibility index (Phi) is 6.05. The molecule has 0 aliphatic carbocycles. The first-order valence-corrected chi connectivity index (χ1v) is 8.64. The fourth-order valence-corrected chi connectivity index (χ4v) is 3.28. The van der Waals surface area contributed by atoms with Crippen molar-refractivity contribution in [2.75, 3.05) is 20.1 Å². The van der Waals surface area contributed by atoms with Crippen LogP contribution in [-0.4, -0.2) is 43.1 Å². The Bertz CT molecular complexity index is 536. The summed E-state index contributed by atoms with van der Waals surface area (Å²) in [6, 6.07) is 6.42. The minimum Gasteiger partial charge on any atom is -0.481 e. The molecule has 4 nitrogen and oxygen atoms in total. The molecular formula is C19H30N2O2. The molecule has 1 amide bonds. The summed E-state index contributed by atoms with van der Waals surface area (Å²) < 4.78 is 5.90. The molecule has 0 aromatic heterocycles. The summed E-state index contributed by atoms with van der Waals surface area (Å²) in [5.41, 5.74) is 2.53. The summed E-state index contributed by atoms with van der Waals surface area (Å²) in [6.45, 7) is 10.3. The summed E-state index contributed by atoms with van der Waals surface area (Å²) in [5, 5.41) is 3.33. The van der Waals surface area contributed by atoms with E-state index in [1.54, 1.807) is 0 Å². The number of nitrogens with zero attached hydrogens (tertiary/aromatic N) is 1. The second kappa shape index (κ2) is 7.82. The number of carbonyl (C=O) groups is 1. The molecule has 1 aromatic rings. The zero-order valence-corrected chi connectivity index (χ0v) is 15.1. The minimum atomic E-state index is -0.459. The van der Waals surface area contributed by atoms with Crippen LogP contribution in [0.1, 0.15) is 50.7 Å². The van der Waals surface area contributed by atoms with Gasteiger partial charge in [0.05, 0.1) is 0 Å². The van der Waals surface area contributed by atoms with Crippen molar-refractivity contribution >= 4 is 5.91 Å². The lowest BCUT2D eigenvalue weighted by Gasteiger charge is -2.33. The van der Waals surface area contributed by atoms with Crippen LogP contribution in [0, 0.1) is 6.92 Å². The van der Waals surface area contributed by atoms with Crippen LogP contribution in [0.3, 0.4) is 0 Å². The van der Waals surface area contributed by atoms with Gasteiger partial charge < -0.3 is 15.0 Å². The van der Waals surface area contributed by atoms with Crippen molar-refractivity contribution in [3.05, 3.63) is 29.3 Å². The first kappa shape index (κ1) is 17.8. The van der Waals surface area contributed by atoms with E-state index < -0.39 is 6.10 Å². The van der Waals surface area contributed by atoms with Gasteiger partial charge in [0, 0.05) is 13.1 Å². The predicted octanol–water partition coefficient (Wildman–Crippen LogP) is 3.10. The quantitative estimate of drug-likeness (QED) is 0.907. The van der Waals surface area contributed by atoms with E-state index in [0.29, 0.717) is 12.0 Å². The molecule has 23 heavy (non-hydrogen) atoms. The van der Waals surface area contributed by atoms with Gasteiger partial charge in [0.1, 0.15) is 5.75 Å². The fourth-order valence-electron chi connectivity index (χ4n) is 3.28. The van der Waals surface area contributed by atoms with Crippen LogP contribution in [0.4, 0.5) is 0 Å². The second-order valence-electron chi connectivity index (χ2n) is 6.86. The van der Waals surface area contributed by atoms with Crippen molar-refractivity contribution in [3.63, 3.8) is 0 Å². The molecule has 1 aliphatic rings. The molecule has 1 N–H and O–H groups in total. The number of hydrogen-bond acceptors (Lipinski definition) is 3. The van der Waals surface area contributed by atoms with Crippen molar-refractivity contribution in [3.8, 4) is 5.75 Å². The predicted molar refractivity (Wildman–Crippen MR) is 94.0 cm³/mol. The zero-order chi connectivity index (χ0) is 17.0. The monoisotopic (exact) mass is 318 g/mol. The van der Waals surface area contributed by atoms with E-state index in [1.165, 1.54) is 11.1 Å². The van der Waals surface area contributed by atoms with E-state index in [0.717, 1.165) is 31.7 Å². The highest BCUT2D eigenvalue weighted by Crippen LogP contribution is 2.24. The Morgan fingerprint density at radius 1 is 1.26 bits per heavy atom. The van der Waals surface area contributed by atoms with E-state index >= 15 is 0 Å². The Labute approximate surface area is 140 Å². The lowest BCUT2D eigenvalue weighted by Crippen LogP contribution is -2.48. The van der Waals surface area contributed by atoms with Crippen molar-refractivity contribution < 1.29 is 9.53 Å². The molecule has 1 heterocycles. The van der Waals surface area contributed by atoms with E-state index in [9.17, 15) is 4.79 Å². The van der Waals surface area contributed by atoms with Gasteiger partial charge >= 0.3 is 0 Å². The number of amides is 1. The number of piperidine rings is 1. The summed E-state index contributed by atoms with van der Waals surface area (Å²) in [4.78, 5) is 14.4.